The fourth-order valence-electron chi connectivity index (χ4n) is 3.39. The number of hydrogen-bond donors (Lipinski definition) is 1. The van der Waals surface area contributed by atoms with E-state index >= 15 is 0 Å². The molecule has 32 heavy (non-hydrogen) atoms. The van der Waals surface area contributed by atoms with E-state index in [-0.39, 0.29) is 12.0 Å². The Morgan fingerprint density at radius 2 is 1.97 bits per heavy atom. The summed E-state index contributed by atoms with van der Waals surface area (Å²) in [6, 6.07) is 8.81. The quantitative estimate of drug-likeness (QED) is 0.413. The van der Waals surface area contributed by atoms with Gasteiger partial charge in [-0.1, -0.05) is 18.2 Å². The van der Waals surface area contributed by atoms with Gasteiger partial charge < -0.3 is 4.57 Å². The summed E-state index contributed by atoms with van der Waals surface area (Å²) in [6.45, 7) is 7.71. The third-order valence-corrected chi connectivity index (χ3v) is 6.36. The van der Waals surface area contributed by atoms with Gasteiger partial charge in [-0.15, -0.1) is 11.3 Å². The molecule has 0 spiro atoms. The lowest BCUT2D eigenvalue weighted by atomic mass is 10.1. The van der Waals surface area contributed by atoms with Crippen LogP contribution in [0.1, 0.15) is 44.1 Å². The Balaban J connectivity index is 1.75. The van der Waals surface area contributed by atoms with Gasteiger partial charge in [0, 0.05) is 21.8 Å². The lowest BCUT2D eigenvalue weighted by Crippen LogP contribution is -2.20. The molecular weight excluding hydrogens is 437 g/mol. The number of carbonyl (C=O) groups is 1. The number of nitrogens with zero attached hydrogens (tertiary/aromatic N) is 3. The molecule has 0 aliphatic carbocycles. The highest BCUT2D eigenvalue weighted by Crippen LogP contribution is 2.33. The van der Waals surface area contributed by atoms with E-state index < -0.39 is 17.6 Å². The monoisotopic (exact) mass is 458 g/mol. The van der Waals surface area contributed by atoms with E-state index in [9.17, 15) is 23.2 Å². The molecule has 9 heteroatoms. The largest absolute Gasteiger partial charge is 0.416 e. The summed E-state index contributed by atoms with van der Waals surface area (Å²) in [7, 11) is 0. The molecule has 0 fully saturated rings. The van der Waals surface area contributed by atoms with Gasteiger partial charge in [0.2, 0.25) is 5.91 Å². The van der Waals surface area contributed by atoms with E-state index in [1.54, 1.807) is 0 Å². The van der Waals surface area contributed by atoms with Crippen LogP contribution in [0.5, 0.6) is 0 Å². The number of alkyl halides is 3. The van der Waals surface area contributed by atoms with Crippen LogP contribution in [0.2, 0.25) is 0 Å². The van der Waals surface area contributed by atoms with Crippen LogP contribution in [0.3, 0.4) is 0 Å². The number of thiophene rings is 1. The standard InChI is InChI=1S/C23H21F3N4OS/c1-13-8-18(15(3)30(13)22-20(11-27)14(2)16(4)32-22)12-28-29-21(31)10-17-6-5-7-19(9-17)23(24,25)26/h5-9,12H,10H2,1-4H3,(H,29,31)/b28-12-. The maximum absolute atomic E-state index is 12.8. The van der Waals surface area contributed by atoms with Crippen molar-refractivity contribution in [2.24, 2.45) is 5.10 Å². The van der Waals surface area contributed by atoms with Crippen molar-refractivity contribution in [3.8, 4) is 11.1 Å². The molecule has 3 aromatic rings. The van der Waals surface area contributed by atoms with E-state index in [2.05, 4.69) is 16.6 Å². The van der Waals surface area contributed by atoms with Gasteiger partial charge in [-0.25, -0.2) is 5.43 Å². The predicted molar refractivity (Wildman–Crippen MR) is 118 cm³/mol. The third-order valence-electron chi connectivity index (χ3n) is 5.16. The molecule has 1 aromatic carbocycles. The molecule has 0 aliphatic rings. The molecule has 0 unspecified atom stereocenters. The Labute approximate surface area is 187 Å². The molecule has 0 radical (unpaired) electrons. The topological polar surface area (TPSA) is 70.2 Å². The number of hydrogen-bond acceptors (Lipinski definition) is 4. The molecule has 5 nitrogen and oxygen atoms in total. The van der Waals surface area contributed by atoms with E-state index in [0.29, 0.717) is 5.56 Å². The number of aryl methyl sites for hydroxylation is 2. The van der Waals surface area contributed by atoms with E-state index in [0.717, 1.165) is 44.5 Å². The average Bonchev–Trinajstić information content (AvgIpc) is 3.15. The van der Waals surface area contributed by atoms with Crippen molar-refractivity contribution in [1.82, 2.24) is 9.99 Å². The first-order chi connectivity index (χ1) is 15.0. The van der Waals surface area contributed by atoms with Crippen molar-refractivity contribution in [2.75, 3.05) is 0 Å². The highest BCUT2D eigenvalue weighted by atomic mass is 32.1. The van der Waals surface area contributed by atoms with Crippen molar-refractivity contribution in [1.29, 1.82) is 5.26 Å². The fraction of sp³-hybridized carbons (Fsp3) is 0.261. The number of aromatic nitrogens is 1. The van der Waals surface area contributed by atoms with Crippen LogP contribution in [0.4, 0.5) is 13.2 Å². The van der Waals surface area contributed by atoms with Gasteiger partial charge in [-0.2, -0.15) is 23.5 Å². The lowest BCUT2D eigenvalue weighted by molar-refractivity contribution is -0.137. The lowest BCUT2D eigenvalue weighted by Gasteiger charge is -2.08. The van der Waals surface area contributed by atoms with E-state index in [1.165, 1.54) is 29.7 Å². The third kappa shape index (κ3) is 4.75. The Kier molecular flexibility index (Phi) is 6.55. The molecule has 1 amide bonds. The van der Waals surface area contributed by atoms with Crippen LogP contribution < -0.4 is 5.43 Å². The number of carbonyl (C=O) groups excluding carboxylic acids is 1. The van der Waals surface area contributed by atoms with Crippen LogP contribution in [-0.4, -0.2) is 16.7 Å². The van der Waals surface area contributed by atoms with Gasteiger partial charge in [0.25, 0.3) is 0 Å². The van der Waals surface area contributed by atoms with Gasteiger partial charge in [0.05, 0.1) is 23.8 Å². The first-order valence-electron chi connectivity index (χ1n) is 9.70. The van der Waals surface area contributed by atoms with Gasteiger partial charge in [0.1, 0.15) is 11.1 Å². The Bertz CT molecular complexity index is 1250. The Morgan fingerprint density at radius 3 is 2.62 bits per heavy atom. The minimum atomic E-state index is -4.46. The van der Waals surface area contributed by atoms with Crippen LogP contribution in [0.15, 0.2) is 35.4 Å². The number of amides is 1. The number of nitriles is 1. The number of hydrazone groups is 1. The Morgan fingerprint density at radius 1 is 1.25 bits per heavy atom. The van der Waals surface area contributed by atoms with Crippen molar-refractivity contribution < 1.29 is 18.0 Å². The van der Waals surface area contributed by atoms with Crippen molar-refractivity contribution in [2.45, 2.75) is 40.3 Å². The summed E-state index contributed by atoms with van der Waals surface area (Å²) in [5.74, 6) is -0.523. The second kappa shape index (κ2) is 9.01. The van der Waals surface area contributed by atoms with Crippen molar-refractivity contribution in [3.63, 3.8) is 0 Å². The minimum absolute atomic E-state index is 0.223. The molecule has 2 heterocycles. The highest BCUT2D eigenvalue weighted by molar-refractivity contribution is 7.14. The second-order valence-corrected chi connectivity index (χ2v) is 8.61. The van der Waals surface area contributed by atoms with Crippen LogP contribution >= 0.6 is 11.3 Å². The number of nitrogens with one attached hydrogen (secondary N) is 1. The number of rotatable bonds is 5. The first kappa shape index (κ1) is 23.3. The Hall–Kier alpha value is -3.38. The maximum Gasteiger partial charge on any atom is 0.416 e. The summed E-state index contributed by atoms with van der Waals surface area (Å²) < 4.78 is 40.4. The van der Waals surface area contributed by atoms with Crippen molar-refractivity contribution in [3.05, 3.63) is 74.4 Å². The molecule has 0 aliphatic heterocycles. The van der Waals surface area contributed by atoms with Gasteiger partial charge in [-0.05, 0) is 51.0 Å². The molecule has 1 N–H and O–H groups in total. The van der Waals surface area contributed by atoms with Gasteiger partial charge >= 0.3 is 6.18 Å². The molecule has 3 rings (SSSR count). The first-order valence-corrected chi connectivity index (χ1v) is 10.5. The minimum Gasteiger partial charge on any atom is -0.308 e. The van der Waals surface area contributed by atoms with E-state index in [1.807, 2.05) is 38.3 Å². The van der Waals surface area contributed by atoms with Crippen LogP contribution in [0.25, 0.3) is 5.00 Å². The summed E-state index contributed by atoms with van der Waals surface area (Å²) in [5, 5.41) is 14.4. The van der Waals surface area contributed by atoms with Gasteiger partial charge in [0.15, 0.2) is 0 Å². The second-order valence-electron chi connectivity index (χ2n) is 7.41. The zero-order valence-corrected chi connectivity index (χ0v) is 18.8. The predicted octanol–water partition coefficient (Wildman–Crippen LogP) is 5.36. The zero-order valence-electron chi connectivity index (χ0n) is 18.0. The summed E-state index contributed by atoms with van der Waals surface area (Å²) in [4.78, 5) is 13.2. The highest BCUT2D eigenvalue weighted by Gasteiger charge is 2.30. The summed E-state index contributed by atoms with van der Waals surface area (Å²) in [6.07, 6.45) is -3.19. The molecule has 166 valence electrons. The number of benzene rings is 1. The zero-order chi connectivity index (χ0) is 23.6. The molecule has 0 atom stereocenters. The molecule has 0 saturated carbocycles. The van der Waals surface area contributed by atoms with Crippen LogP contribution in [-0.2, 0) is 17.4 Å². The molecule has 0 saturated heterocycles. The van der Waals surface area contributed by atoms with E-state index in [4.69, 9.17) is 0 Å². The normalized spacial score (nSPS) is 11.7. The maximum atomic E-state index is 12.8. The molecular formula is C23H21F3N4OS. The molecule has 2 aromatic heterocycles. The average molecular weight is 459 g/mol. The molecule has 0 bridgehead atoms. The van der Waals surface area contributed by atoms with Gasteiger partial charge in [-0.3, -0.25) is 4.79 Å². The van der Waals surface area contributed by atoms with Crippen LogP contribution in [0, 0.1) is 39.0 Å². The van der Waals surface area contributed by atoms with Crippen molar-refractivity contribution >= 4 is 23.5 Å². The smallest absolute Gasteiger partial charge is 0.308 e. The SMILES string of the molecule is Cc1sc(-n2c(C)cc(/C=N\NC(=O)Cc3cccc(C(F)(F)F)c3)c2C)c(C#N)c1C. The fourth-order valence-corrected chi connectivity index (χ4v) is 4.60. The summed E-state index contributed by atoms with van der Waals surface area (Å²) in [5.41, 5.74) is 5.93. The number of halogens is 3. The summed E-state index contributed by atoms with van der Waals surface area (Å²) >= 11 is 1.54.